The van der Waals surface area contributed by atoms with Gasteiger partial charge >= 0.3 is 0 Å². The maximum atomic E-state index is 5.68. The highest BCUT2D eigenvalue weighted by Gasteiger charge is 2.23. The third-order valence-electron chi connectivity index (χ3n) is 3.56. The zero-order valence-corrected chi connectivity index (χ0v) is 14.9. The van der Waals surface area contributed by atoms with Gasteiger partial charge in [-0.15, -0.1) is 0 Å². The van der Waals surface area contributed by atoms with Gasteiger partial charge in [-0.2, -0.15) is 0 Å². The molecule has 0 aromatic rings. The van der Waals surface area contributed by atoms with Gasteiger partial charge in [0.15, 0.2) is 0 Å². The summed E-state index contributed by atoms with van der Waals surface area (Å²) >= 11 is 0. The van der Waals surface area contributed by atoms with Crippen molar-refractivity contribution in [3.05, 3.63) is 0 Å². The summed E-state index contributed by atoms with van der Waals surface area (Å²) in [6, 6.07) is 0.636. The molecule has 0 spiro atoms. The maximum Gasteiger partial charge on any atom is 0.146 e. The predicted octanol–water partition coefficient (Wildman–Crippen LogP) is 2.74. The highest BCUT2D eigenvalue weighted by atomic mass is 28.2. The van der Waals surface area contributed by atoms with Gasteiger partial charge < -0.3 is 9.33 Å². The molecule has 0 saturated carbocycles. The lowest BCUT2D eigenvalue weighted by atomic mass is 9.98. The normalized spacial score (nSPS) is 14.5. The molecule has 1 atom stereocenters. The summed E-state index contributed by atoms with van der Waals surface area (Å²) in [5.41, 5.74) is 0.0579. The van der Waals surface area contributed by atoms with Crippen molar-refractivity contribution >= 4 is 10.5 Å². The Morgan fingerprint density at radius 1 is 1.12 bits per heavy atom. The van der Waals surface area contributed by atoms with E-state index in [0.29, 0.717) is 6.04 Å². The number of nitrogens with zero attached hydrogens (tertiary/aromatic N) is 1. The molecule has 0 aromatic carbocycles. The van der Waals surface area contributed by atoms with E-state index in [0.717, 1.165) is 16.9 Å². The molecule has 17 heavy (non-hydrogen) atoms. The van der Waals surface area contributed by atoms with E-state index in [1.54, 1.807) is 0 Å². The van der Waals surface area contributed by atoms with E-state index in [-0.39, 0.29) is 5.60 Å². The molecule has 0 aliphatic carbocycles. The topological polar surface area (TPSA) is 12.5 Å². The number of unbranched alkanes of at least 4 members (excludes halogenated alkanes) is 2. The Morgan fingerprint density at radius 3 is 1.94 bits per heavy atom. The third kappa shape index (κ3) is 7.95. The molecule has 0 heterocycles. The molecule has 0 bridgehead atoms. The SMILES string of the molecule is CCCCN(CCCC)C(C)CC(C)(C)O[SiH3]. The summed E-state index contributed by atoms with van der Waals surface area (Å²) in [5, 5.41) is 0. The van der Waals surface area contributed by atoms with Crippen LogP contribution in [0, 0.1) is 0 Å². The van der Waals surface area contributed by atoms with Crippen molar-refractivity contribution in [3.8, 4) is 0 Å². The van der Waals surface area contributed by atoms with Crippen molar-refractivity contribution in [2.75, 3.05) is 13.1 Å². The molecule has 0 radical (unpaired) electrons. The van der Waals surface area contributed by atoms with Crippen molar-refractivity contribution in [1.82, 2.24) is 4.90 Å². The van der Waals surface area contributed by atoms with Crippen LogP contribution in [0.25, 0.3) is 0 Å². The van der Waals surface area contributed by atoms with E-state index in [4.69, 9.17) is 4.43 Å². The summed E-state index contributed by atoms with van der Waals surface area (Å²) < 4.78 is 5.68. The first-order valence-electron chi connectivity index (χ1n) is 7.26. The van der Waals surface area contributed by atoms with Crippen molar-refractivity contribution in [2.24, 2.45) is 0 Å². The quantitative estimate of drug-likeness (QED) is 0.559. The molecule has 0 rings (SSSR count). The minimum Gasteiger partial charge on any atom is -0.423 e. The van der Waals surface area contributed by atoms with Crippen LogP contribution in [0.1, 0.15) is 66.7 Å². The monoisotopic (exact) mass is 259 g/mol. The first kappa shape index (κ1) is 17.1. The Labute approximate surface area is 112 Å². The summed E-state index contributed by atoms with van der Waals surface area (Å²) in [7, 11) is 0.836. The van der Waals surface area contributed by atoms with Gasteiger partial charge in [-0.1, -0.05) is 26.7 Å². The van der Waals surface area contributed by atoms with Gasteiger partial charge in [-0.3, -0.25) is 0 Å². The Bertz CT molecular complexity index is 177. The zero-order valence-electron chi connectivity index (χ0n) is 12.9. The Balaban J connectivity index is 4.24. The van der Waals surface area contributed by atoms with Crippen LogP contribution in [0.5, 0.6) is 0 Å². The molecule has 0 aliphatic rings. The highest BCUT2D eigenvalue weighted by Crippen LogP contribution is 2.19. The molecule has 0 N–H and O–H groups in total. The van der Waals surface area contributed by atoms with Gasteiger partial charge in [-0.05, 0) is 53.1 Å². The van der Waals surface area contributed by atoms with Gasteiger partial charge in [0.1, 0.15) is 10.5 Å². The van der Waals surface area contributed by atoms with E-state index in [1.807, 2.05) is 0 Å². The van der Waals surface area contributed by atoms with Gasteiger partial charge in [0, 0.05) is 6.04 Å². The molecule has 104 valence electrons. The first-order chi connectivity index (χ1) is 7.96. The van der Waals surface area contributed by atoms with Crippen molar-refractivity contribution in [1.29, 1.82) is 0 Å². The molecule has 1 unspecified atom stereocenters. The molecule has 0 fully saturated rings. The lowest BCUT2D eigenvalue weighted by molar-refractivity contribution is 0.0668. The summed E-state index contributed by atoms with van der Waals surface area (Å²) in [4.78, 5) is 2.65. The lowest BCUT2D eigenvalue weighted by Gasteiger charge is -2.35. The molecule has 2 nitrogen and oxygen atoms in total. The van der Waals surface area contributed by atoms with E-state index in [1.165, 1.54) is 38.8 Å². The van der Waals surface area contributed by atoms with E-state index >= 15 is 0 Å². The Hall–Kier alpha value is 0.137. The second-order valence-electron chi connectivity index (χ2n) is 5.76. The first-order valence-corrected chi connectivity index (χ1v) is 8.07. The molecule has 0 saturated heterocycles. The average molecular weight is 260 g/mol. The number of rotatable bonds is 10. The van der Waals surface area contributed by atoms with Crippen LogP contribution >= 0.6 is 0 Å². The molecule has 0 amide bonds. The smallest absolute Gasteiger partial charge is 0.146 e. The van der Waals surface area contributed by atoms with Crippen LogP contribution in [0.3, 0.4) is 0 Å². The fourth-order valence-electron chi connectivity index (χ4n) is 2.20. The number of hydrogen-bond acceptors (Lipinski definition) is 2. The van der Waals surface area contributed by atoms with E-state index in [9.17, 15) is 0 Å². The zero-order chi connectivity index (χ0) is 13.3. The summed E-state index contributed by atoms with van der Waals surface area (Å²) in [5.74, 6) is 0. The van der Waals surface area contributed by atoms with Crippen LogP contribution in [0.2, 0.25) is 0 Å². The van der Waals surface area contributed by atoms with Crippen LogP contribution in [0.15, 0.2) is 0 Å². The van der Waals surface area contributed by atoms with Gasteiger partial charge in [-0.25, -0.2) is 0 Å². The largest absolute Gasteiger partial charge is 0.423 e. The highest BCUT2D eigenvalue weighted by molar-refractivity contribution is 5.98. The van der Waals surface area contributed by atoms with Crippen LogP contribution < -0.4 is 0 Å². The van der Waals surface area contributed by atoms with Crippen molar-refractivity contribution in [3.63, 3.8) is 0 Å². The minimum absolute atomic E-state index is 0.0579. The standard InChI is InChI=1S/C14H33NOSi/c1-6-8-10-15(11-9-7-2)13(3)12-14(4,5)16-17/h13H,6-12H2,1-5,17H3. The van der Waals surface area contributed by atoms with Gasteiger partial charge in [0.05, 0.1) is 5.60 Å². The lowest BCUT2D eigenvalue weighted by Crippen LogP contribution is -2.40. The Kier molecular flexibility index (Phi) is 9.19. The van der Waals surface area contributed by atoms with E-state index in [2.05, 4.69) is 39.5 Å². The Morgan fingerprint density at radius 2 is 1.59 bits per heavy atom. The molecule has 0 aliphatic heterocycles. The van der Waals surface area contributed by atoms with Gasteiger partial charge in [0.25, 0.3) is 0 Å². The second kappa shape index (κ2) is 9.12. The maximum absolute atomic E-state index is 5.68. The fraction of sp³-hybridized carbons (Fsp3) is 1.00. The molecule has 3 heteroatoms. The minimum atomic E-state index is 0.0579. The summed E-state index contributed by atoms with van der Waals surface area (Å²) in [6.07, 6.45) is 6.35. The van der Waals surface area contributed by atoms with Gasteiger partial charge in [0.2, 0.25) is 0 Å². The third-order valence-corrected chi connectivity index (χ3v) is 4.67. The summed E-state index contributed by atoms with van der Waals surface area (Å²) in [6.45, 7) is 13.8. The van der Waals surface area contributed by atoms with Crippen LogP contribution in [-0.4, -0.2) is 40.1 Å². The van der Waals surface area contributed by atoms with Crippen LogP contribution in [-0.2, 0) is 4.43 Å². The predicted molar refractivity (Wildman–Crippen MR) is 80.6 cm³/mol. The molecular formula is C14H33NOSi. The average Bonchev–Trinajstić information content (AvgIpc) is 2.28. The molecule has 0 aromatic heterocycles. The second-order valence-corrected chi connectivity index (χ2v) is 6.17. The number of hydrogen-bond donors (Lipinski definition) is 0. The molecular weight excluding hydrogens is 226 g/mol. The van der Waals surface area contributed by atoms with Crippen molar-refractivity contribution < 1.29 is 4.43 Å². The van der Waals surface area contributed by atoms with E-state index < -0.39 is 0 Å². The van der Waals surface area contributed by atoms with Crippen molar-refractivity contribution in [2.45, 2.75) is 78.4 Å². The fourth-order valence-corrected chi connectivity index (χ4v) is 2.37. The van der Waals surface area contributed by atoms with Crippen LogP contribution in [0.4, 0.5) is 0 Å².